The van der Waals surface area contributed by atoms with Gasteiger partial charge in [-0.25, -0.2) is 0 Å². The van der Waals surface area contributed by atoms with Gasteiger partial charge in [-0.2, -0.15) is 0 Å². The molecular weight excluding hydrogens is 262 g/mol. The Morgan fingerprint density at radius 3 is 2.10 bits per heavy atom. The van der Waals surface area contributed by atoms with Gasteiger partial charge in [0.2, 0.25) is 0 Å². The van der Waals surface area contributed by atoms with E-state index in [9.17, 15) is 9.90 Å². The molecule has 0 fully saturated rings. The third-order valence-electron chi connectivity index (χ3n) is 4.16. The van der Waals surface area contributed by atoms with Gasteiger partial charge in [-0.05, 0) is 37.9 Å². The molecule has 4 rings (SSSR count). The van der Waals surface area contributed by atoms with Crippen molar-refractivity contribution in [2.45, 2.75) is 6.04 Å². The van der Waals surface area contributed by atoms with Crippen LogP contribution >= 0.6 is 0 Å². The molecule has 21 heavy (non-hydrogen) atoms. The molecule has 0 bridgehead atoms. The van der Waals surface area contributed by atoms with Crippen LogP contribution in [0.3, 0.4) is 0 Å². The van der Waals surface area contributed by atoms with Gasteiger partial charge in [0.25, 0.3) is 0 Å². The molecule has 0 aliphatic rings. The van der Waals surface area contributed by atoms with E-state index in [-0.39, 0.29) is 0 Å². The van der Waals surface area contributed by atoms with Crippen LogP contribution in [0, 0.1) is 0 Å². The van der Waals surface area contributed by atoms with Crippen molar-refractivity contribution < 1.29 is 9.90 Å². The summed E-state index contributed by atoms with van der Waals surface area (Å²) in [5.74, 6) is -1.01. The van der Waals surface area contributed by atoms with Crippen LogP contribution in [0.1, 0.15) is 11.6 Å². The van der Waals surface area contributed by atoms with Crippen LogP contribution in [0.5, 0.6) is 0 Å². The summed E-state index contributed by atoms with van der Waals surface area (Å²) < 4.78 is 0. The topological polar surface area (TPSA) is 63.3 Å². The van der Waals surface area contributed by atoms with Gasteiger partial charge in [0.1, 0.15) is 6.04 Å². The van der Waals surface area contributed by atoms with Crippen LogP contribution in [0.2, 0.25) is 0 Å². The maximum atomic E-state index is 11.2. The molecule has 0 amide bonds. The second-order valence-electron chi connectivity index (χ2n) is 5.33. The number of benzene rings is 4. The zero-order valence-corrected chi connectivity index (χ0v) is 11.2. The van der Waals surface area contributed by atoms with Gasteiger partial charge in [0, 0.05) is 0 Å². The van der Waals surface area contributed by atoms with E-state index >= 15 is 0 Å². The maximum absolute atomic E-state index is 11.2. The van der Waals surface area contributed by atoms with E-state index in [1.807, 2.05) is 30.3 Å². The van der Waals surface area contributed by atoms with Gasteiger partial charge < -0.3 is 10.8 Å². The average molecular weight is 275 g/mol. The Morgan fingerprint density at radius 2 is 1.43 bits per heavy atom. The van der Waals surface area contributed by atoms with E-state index in [4.69, 9.17) is 5.73 Å². The standard InChI is InChI=1S/C18H13NO2/c19-17(18(20)21)14-9-7-12-5-4-10-2-1-3-11-6-8-13(14)16(12)15(10)11/h1-9,17H,19H2,(H,20,21)/t17-/m0/s1. The second-order valence-corrected chi connectivity index (χ2v) is 5.33. The Bertz CT molecular complexity index is 975. The van der Waals surface area contributed by atoms with E-state index in [0.29, 0.717) is 5.56 Å². The first-order valence-electron chi connectivity index (χ1n) is 6.81. The summed E-state index contributed by atoms with van der Waals surface area (Å²) in [6, 6.07) is 17.1. The van der Waals surface area contributed by atoms with Crippen molar-refractivity contribution >= 4 is 38.3 Å². The number of carboxylic acids is 1. The second kappa shape index (κ2) is 4.17. The van der Waals surface area contributed by atoms with Crippen LogP contribution in [0.4, 0.5) is 0 Å². The average Bonchev–Trinajstić information content (AvgIpc) is 2.51. The molecule has 4 aromatic rings. The Labute approximate surface area is 120 Å². The van der Waals surface area contributed by atoms with E-state index in [1.54, 1.807) is 0 Å². The molecule has 4 aromatic carbocycles. The number of hydrogen-bond acceptors (Lipinski definition) is 2. The monoisotopic (exact) mass is 275 g/mol. The molecular formula is C18H13NO2. The third kappa shape index (κ3) is 1.61. The molecule has 3 heteroatoms. The number of carboxylic acid groups (broad SMARTS) is 1. The fourth-order valence-electron chi connectivity index (χ4n) is 3.16. The maximum Gasteiger partial charge on any atom is 0.325 e. The smallest absolute Gasteiger partial charge is 0.325 e. The number of hydrogen-bond donors (Lipinski definition) is 2. The third-order valence-corrected chi connectivity index (χ3v) is 4.16. The molecule has 0 aliphatic carbocycles. The van der Waals surface area contributed by atoms with E-state index in [2.05, 4.69) is 24.3 Å². The first-order valence-corrected chi connectivity index (χ1v) is 6.81. The minimum absolute atomic E-state index is 0.660. The molecule has 0 unspecified atom stereocenters. The normalized spacial score (nSPS) is 13.2. The van der Waals surface area contributed by atoms with Crippen molar-refractivity contribution in [3.63, 3.8) is 0 Å². The summed E-state index contributed by atoms with van der Waals surface area (Å²) in [6.07, 6.45) is 0. The molecule has 0 saturated heterocycles. The van der Waals surface area contributed by atoms with Crippen LogP contribution in [-0.4, -0.2) is 11.1 Å². The number of rotatable bonds is 2. The SMILES string of the molecule is N[C@H](C(=O)O)c1ccc2ccc3cccc4ccc1c2c34. The summed E-state index contributed by atoms with van der Waals surface area (Å²) in [5, 5.41) is 15.8. The lowest BCUT2D eigenvalue weighted by Gasteiger charge is -2.15. The molecule has 0 spiro atoms. The zero-order chi connectivity index (χ0) is 14.6. The highest BCUT2D eigenvalue weighted by Gasteiger charge is 2.19. The number of nitrogens with two attached hydrogens (primary N) is 1. The summed E-state index contributed by atoms with van der Waals surface area (Å²) in [5.41, 5.74) is 6.50. The van der Waals surface area contributed by atoms with Crippen molar-refractivity contribution in [3.05, 3.63) is 60.2 Å². The molecule has 3 nitrogen and oxygen atoms in total. The highest BCUT2D eigenvalue weighted by atomic mass is 16.4. The summed E-state index contributed by atoms with van der Waals surface area (Å²) in [6.45, 7) is 0. The summed E-state index contributed by atoms with van der Waals surface area (Å²) in [4.78, 5) is 11.2. The molecule has 0 saturated carbocycles. The van der Waals surface area contributed by atoms with Gasteiger partial charge in [0.05, 0.1) is 0 Å². The van der Waals surface area contributed by atoms with Crippen molar-refractivity contribution in [2.24, 2.45) is 5.73 Å². The minimum Gasteiger partial charge on any atom is -0.480 e. The van der Waals surface area contributed by atoms with Crippen molar-refractivity contribution in [2.75, 3.05) is 0 Å². The van der Waals surface area contributed by atoms with Crippen LogP contribution in [0.15, 0.2) is 54.6 Å². The predicted molar refractivity (Wildman–Crippen MR) is 84.7 cm³/mol. The van der Waals surface area contributed by atoms with E-state index in [0.717, 1.165) is 26.9 Å². The minimum atomic E-state index is -1.01. The Morgan fingerprint density at radius 1 is 0.857 bits per heavy atom. The Hall–Kier alpha value is -2.65. The van der Waals surface area contributed by atoms with Gasteiger partial charge in [-0.15, -0.1) is 0 Å². The quantitative estimate of drug-likeness (QED) is 0.549. The lowest BCUT2D eigenvalue weighted by molar-refractivity contribution is -0.138. The predicted octanol–water partition coefficient (Wildman–Crippen LogP) is 3.67. The van der Waals surface area contributed by atoms with Gasteiger partial charge >= 0.3 is 5.97 Å². The highest BCUT2D eigenvalue weighted by molar-refractivity contribution is 6.23. The molecule has 0 aromatic heterocycles. The lowest BCUT2D eigenvalue weighted by Crippen LogP contribution is -2.20. The first kappa shape index (κ1) is 12.1. The molecule has 0 aliphatic heterocycles. The van der Waals surface area contributed by atoms with Crippen molar-refractivity contribution in [1.82, 2.24) is 0 Å². The largest absolute Gasteiger partial charge is 0.480 e. The van der Waals surface area contributed by atoms with Crippen LogP contribution in [0.25, 0.3) is 32.3 Å². The summed E-state index contributed by atoms with van der Waals surface area (Å²) in [7, 11) is 0. The molecule has 3 N–H and O–H groups in total. The highest BCUT2D eigenvalue weighted by Crippen LogP contribution is 2.37. The fourth-order valence-corrected chi connectivity index (χ4v) is 3.16. The molecule has 0 radical (unpaired) electrons. The number of carbonyl (C=O) groups is 1. The van der Waals surface area contributed by atoms with Gasteiger partial charge in [-0.1, -0.05) is 54.6 Å². The number of aliphatic carboxylic acids is 1. The Balaban J connectivity index is 2.23. The molecule has 0 heterocycles. The first-order chi connectivity index (χ1) is 10.2. The van der Waals surface area contributed by atoms with Gasteiger partial charge in [-0.3, -0.25) is 4.79 Å². The fraction of sp³-hybridized carbons (Fsp3) is 0.0556. The van der Waals surface area contributed by atoms with Gasteiger partial charge in [0.15, 0.2) is 0 Å². The lowest BCUT2D eigenvalue weighted by atomic mass is 9.90. The molecule has 1 atom stereocenters. The summed E-state index contributed by atoms with van der Waals surface area (Å²) >= 11 is 0. The zero-order valence-electron chi connectivity index (χ0n) is 11.2. The van der Waals surface area contributed by atoms with E-state index < -0.39 is 12.0 Å². The van der Waals surface area contributed by atoms with Crippen molar-refractivity contribution in [3.8, 4) is 0 Å². The van der Waals surface area contributed by atoms with Crippen LogP contribution in [-0.2, 0) is 4.79 Å². The molecule has 102 valence electrons. The van der Waals surface area contributed by atoms with Crippen LogP contribution < -0.4 is 5.73 Å². The Kier molecular flexibility index (Phi) is 2.41. The van der Waals surface area contributed by atoms with E-state index in [1.165, 1.54) is 5.39 Å². The van der Waals surface area contributed by atoms with Crippen molar-refractivity contribution in [1.29, 1.82) is 0 Å².